The quantitative estimate of drug-likeness (QED) is 0.718. The maximum absolute atomic E-state index is 13.0. The number of hydrogen-bond acceptors (Lipinski definition) is 4. The van der Waals surface area contributed by atoms with Gasteiger partial charge in [0, 0.05) is 43.8 Å². The number of carbonyl (C=O) groups is 1. The highest BCUT2D eigenvalue weighted by molar-refractivity contribution is 5.95. The van der Waals surface area contributed by atoms with Crippen molar-refractivity contribution in [2.45, 2.75) is 13.5 Å². The van der Waals surface area contributed by atoms with Crippen molar-refractivity contribution in [3.05, 3.63) is 70.5 Å². The Hall–Kier alpha value is -3.15. The molecule has 6 heteroatoms. The van der Waals surface area contributed by atoms with Crippen LogP contribution in [0.1, 0.15) is 17.4 Å². The number of nitrogens with zero attached hydrogens (tertiary/aromatic N) is 4. The molecule has 2 heterocycles. The summed E-state index contributed by atoms with van der Waals surface area (Å²) in [5.41, 5.74) is 1.65. The zero-order chi connectivity index (χ0) is 18.8. The smallest absolute Gasteiger partial charge is 0.278 e. The summed E-state index contributed by atoms with van der Waals surface area (Å²) < 4.78 is 1.73. The number of amides is 1. The predicted molar refractivity (Wildman–Crippen MR) is 106 cm³/mol. The van der Waals surface area contributed by atoms with Crippen molar-refractivity contribution in [1.29, 1.82) is 0 Å². The third-order valence-corrected chi connectivity index (χ3v) is 5.05. The van der Waals surface area contributed by atoms with Gasteiger partial charge in [0.25, 0.3) is 5.91 Å². The minimum absolute atomic E-state index is 0.0173. The molecule has 1 aliphatic rings. The van der Waals surface area contributed by atoms with Crippen LogP contribution in [0.15, 0.2) is 59.4 Å². The highest BCUT2D eigenvalue weighted by Gasteiger charge is 2.26. The van der Waals surface area contributed by atoms with E-state index >= 15 is 0 Å². The van der Waals surface area contributed by atoms with E-state index in [0.29, 0.717) is 25.0 Å². The Bertz CT molecular complexity index is 1020. The number of hydrogen-bond donors (Lipinski definition) is 0. The standard InChI is InChI=1S/C21H22N4O2/c1-2-25-18-11-7-6-10-17(18)20(26)19(22-25)21(27)24-14-12-23(13-15-24)16-8-4-3-5-9-16/h3-11H,2,12-15H2,1H3. The average Bonchev–Trinajstić information content (AvgIpc) is 2.74. The van der Waals surface area contributed by atoms with Gasteiger partial charge in [-0.05, 0) is 31.2 Å². The van der Waals surface area contributed by atoms with Crippen LogP contribution in [0.3, 0.4) is 0 Å². The van der Waals surface area contributed by atoms with Crippen LogP contribution in [-0.4, -0.2) is 46.8 Å². The van der Waals surface area contributed by atoms with Gasteiger partial charge in [-0.2, -0.15) is 5.10 Å². The fourth-order valence-electron chi connectivity index (χ4n) is 3.58. The van der Waals surface area contributed by atoms with Crippen molar-refractivity contribution in [3.8, 4) is 0 Å². The summed E-state index contributed by atoms with van der Waals surface area (Å²) in [6.45, 7) is 5.19. The molecule has 1 aliphatic heterocycles. The van der Waals surface area contributed by atoms with Gasteiger partial charge >= 0.3 is 0 Å². The lowest BCUT2D eigenvalue weighted by Gasteiger charge is -2.35. The van der Waals surface area contributed by atoms with Crippen molar-refractivity contribution in [1.82, 2.24) is 14.7 Å². The zero-order valence-corrected chi connectivity index (χ0v) is 15.3. The van der Waals surface area contributed by atoms with Crippen molar-refractivity contribution >= 4 is 22.5 Å². The summed E-state index contributed by atoms with van der Waals surface area (Å²) in [7, 11) is 0. The molecule has 3 aromatic rings. The number of carbonyl (C=O) groups excluding carboxylic acids is 1. The molecule has 4 rings (SSSR count). The SMILES string of the molecule is CCn1nc(C(=O)N2CCN(c3ccccc3)CC2)c(=O)c2ccccc21. The van der Waals surface area contributed by atoms with Crippen molar-refractivity contribution < 1.29 is 4.79 Å². The molecule has 0 radical (unpaired) electrons. The van der Waals surface area contributed by atoms with Gasteiger partial charge in [0.05, 0.1) is 5.52 Å². The molecule has 0 N–H and O–H groups in total. The van der Waals surface area contributed by atoms with Crippen molar-refractivity contribution in [3.63, 3.8) is 0 Å². The topological polar surface area (TPSA) is 58.4 Å². The van der Waals surface area contributed by atoms with E-state index in [4.69, 9.17) is 0 Å². The lowest BCUT2D eigenvalue weighted by molar-refractivity contribution is 0.0737. The van der Waals surface area contributed by atoms with Crippen LogP contribution in [0.5, 0.6) is 0 Å². The molecule has 138 valence electrons. The number of benzene rings is 2. The largest absolute Gasteiger partial charge is 0.368 e. The Labute approximate surface area is 157 Å². The molecule has 0 spiro atoms. The van der Waals surface area contributed by atoms with E-state index in [-0.39, 0.29) is 17.0 Å². The fourth-order valence-corrected chi connectivity index (χ4v) is 3.58. The predicted octanol–water partition coefficient (Wildman–Crippen LogP) is 2.38. The van der Waals surface area contributed by atoms with Gasteiger partial charge < -0.3 is 9.80 Å². The van der Waals surface area contributed by atoms with Gasteiger partial charge in [-0.3, -0.25) is 14.3 Å². The second-order valence-corrected chi connectivity index (χ2v) is 6.63. The molecule has 0 atom stereocenters. The number of aromatic nitrogens is 2. The number of para-hydroxylation sites is 2. The van der Waals surface area contributed by atoms with Crippen LogP contribution in [0.2, 0.25) is 0 Å². The van der Waals surface area contributed by atoms with E-state index in [1.165, 1.54) is 0 Å². The molecule has 0 aliphatic carbocycles. The first kappa shape index (κ1) is 17.3. The van der Waals surface area contributed by atoms with Crippen LogP contribution in [0.25, 0.3) is 10.9 Å². The molecule has 2 aromatic carbocycles. The molecule has 0 bridgehead atoms. The number of fused-ring (bicyclic) bond motifs is 1. The van der Waals surface area contributed by atoms with Gasteiger partial charge in [-0.25, -0.2) is 0 Å². The first-order valence-corrected chi connectivity index (χ1v) is 9.28. The van der Waals surface area contributed by atoms with Gasteiger partial charge in [0.1, 0.15) is 0 Å². The van der Waals surface area contributed by atoms with E-state index < -0.39 is 0 Å². The normalized spacial score (nSPS) is 14.6. The Morgan fingerprint density at radius 1 is 0.963 bits per heavy atom. The summed E-state index contributed by atoms with van der Waals surface area (Å²) in [5.74, 6) is -0.277. The molecule has 1 aromatic heterocycles. The minimum atomic E-state index is -0.286. The van der Waals surface area contributed by atoms with Crippen LogP contribution >= 0.6 is 0 Å². The maximum atomic E-state index is 13.0. The highest BCUT2D eigenvalue weighted by atomic mass is 16.2. The first-order chi connectivity index (χ1) is 13.2. The van der Waals surface area contributed by atoms with E-state index in [1.807, 2.05) is 43.3 Å². The monoisotopic (exact) mass is 362 g/mol. The molecule has 1 amide bonds. The molecule has 0 unspecified atom stereocenters. The van der Waals surface area contributed by atoms with Crippen LogP contribution in [-0.2, 0) is 6.54 Å². The average molecular weight is 362 g/mol. The van der Waals surface area contributed by atoms with E-state index in [9.17, 15) is 9.59 Å². The highest BCUT2D eigenvalue weighted by Crippen LogP contribution is 2.17. The van der Waals surface area contributed by atoms with Gasteiger partial charge in [0.2, 0.25) is 5.43 Å². The third-order valence-electron chi connectivity index (χ3n) is 5.05. The molecule has 27 heavy (non-hydrogen) atoms. The molecule has 6 nitrogen and oxygen atoms in total. The van der Waals surface area contributed by atoms with Crippen molar-refractivity contribution in [2.75, 3.05) is 31.1 Å². The summed E-state index contributed by atoms with van der Waals surface area (Å²) in [6, 6.07) is 17.5. The summed E-state index contributed by atoms with van der Waals surface area (Å²) in [4.78, 5) is 29.8. The number of aryl methyl sites for hydroxylation is 1. The van der Waals surface area contributed by atoms with Gasteiger partial charge in [-0.15, -0.1) is 0 Å². The number of rotatable bonds is 3. The fraction of sp³-hybridized carbons (Fsp3) is 0.286. The summed E-state index contributed by atoms with van der Waals surface area (Å²) >= 11 is 0. The van der Waals surface area contributed by atoms with Crippen LogP contribution in [0.4, 0.5) is 5.69 Å². The van der Waals surface area contributed by atoms with E-state index in [1.54, 1.807) is 15.6 Å². The molecular formula is C21H22N4O2. The Kier molecular flexibility index (Phi) is 4.62. The van der Waals surface area contributed by atoms with E-state index in [2.05, 4.69) is 22.1 Å². The Morgan fingerprint density at radius 2 is 1.63 bits per heavy atom. The van der Waals surface area contributed by atoms with Gasteiger partial charge in [0.15, 0.2) is 5.69 Å². The van der Waals surface area contributed by atoms with Crippen LogP contribution in [0, 0.1) is 0 Å². The van der Waals surface area contributed by atoms with Crippen molar-refractivity contribution in [2.24, 2.45) is 0 Å². The zero-order valence-electron chi connectivity index (χ0n) is 15.3. The summed E-state index contributed by atoms with van der Waals surface area (Å²) in [6.07, 6.45) is 0. The minimum Gasteiger partial charge on any atom is -0.368 e. The number of piperazine rings is 1. The lowest BCUT2D eigenvalue weighted by atomic mass is 10.1. The molecule has 1 saturated heterocycles. The third kappa shape index (κ3) is 3.18. The van der Waals surface area contributed by atoms with E-state index in [0.717, 1.165) is 24.3 Å². The Morgan fingerprint density at radius 3 is 2.33 bits per heavy atom. The second-order valence-electron chi connectivity index (χ2n) is 6.63. The Balaban J connectivity index is 1.59. The second kappa shape index (κ2) is 7.23. The number of anilines is 1. The first-order valence-electron chi connectivity index (χ1n) is 9.28. The maximum Gasteiger partial charge on any atom is 0.278 e. The van der Waals surface area contributed by atoms with Crippen LogP contribution < -0.4 is 10.3 Å². The molecule has 0 saturated carbocycles. The summed E-state index contributed by atoms with van der Waals surface area (Å²) in [5, 5.41) is 4.91. The van der Waals surface area contributed by atoms with Gasteiger partial charge in [-0.1, -0.05) is 30.3 Å². The lowest BCUT2D eigenvalue weighted by Crippen LogP contribution is -2.50. The molecular weight excluding hydrogens is 340 g/mol. The molecule has 1 fully saturated rings.